The fourth-order valence-electron chi connectivity index (χ4n) is 3.96. The Bertz CT molecular complexity index is 1370. The molecule has 13 heteroatoms. The molecule has 12 nitrogen and oxygen atoms in total. The molecule has 184 valence electrons. The lowest BCUT2D eigenvalue weighted by molar-refractivity contribution is -0.384. The fraction of sp³-hybridized carbons (Fsp3) is 0.318. The van der Waals surface area contributed by atoms with Crippen molar-refractivity contribution in [3.63, 3.8) is 0 Å². The molecule has 1 amide bonds. The zero-order chi connectivity index (χ0) is 25.0. The first-order valence-corrected chi connectivity index (χ1v) is 12.6. The van der Waals surface area contributed by atoms with Gasteiger partial charge in [0.05, 0.1) is 9.82 Å². The van der Waals surface area contributed by atoms with E-state index in [1.165, 1.54) is 12.1 Å². The molecule has 0 aliphatic carbocycles. The van der Waals surface area contributed by atoms with Crippen LogP contribution in [0.15, 0.2) is 47.4 Å². The summed E-state index contributed by atoms with van der Waals surface area (Å²) in [4.78, 5) is 22.7. The van der Waals surface area contributed by atoms with E-state index in [0.717, 1.165) is 55.5 Å². The molecule has 0 fully saturated rings. The fourth-order valence-corrected chi connectivity index (χ4v) is 4.49. The Kier molecular flexibility index (Phi) is 7.07. The minimum absolute atomic E-state index is 0.0264. The van der Waals surface area contributed by atoms with Crippen LogP contribution in [0.2, 0.25) is 0 Å². The summed E-state index contributed by atoms with van der Waals surface area (Å²) >= 11 is 0. The third kappa shape index (κ3) is 5.81. The monoisotopic (exact) mass is 499 g/mol. The van der Waals surface area contributed by atoms with Gasteiger partial charge in [-0.1, -0.05) is 18.6 Å². The first-order chi connectivity index (χ1) is 16.7. The molecule has 1 aliphatic heterocycles. The third-order valence-corrected chi connectivity index (χ3v) is 6.59. The second-order valence-electron chi connectivity index (χ2n) is 8.19. The predicted molar refractivity (Wildman–Crippen MR) is 129 cm³/mol. The summed E-state index contributed by atoms with van der Waals surface area (Å²) in [5.74, 6) is 1.46. The molecule has 4 N–H and O–H groups in total. The Morgan fingerprint density at radius 3 is 2.74 bits per heavy atom. The molecule has 0 saturated heterocycles. The van der Waals surface area contributed by atoms with E-state index in [2.05, 4.69) is 25.4 Å². The van der Waals surface area contributed by atoms with Crippen molar-refractivity contribution in [1.29, 1.82) is 0 Å². The van der Waals surface area contributed by atoms with Gasteiger partial charge >= 0.3 is 0 Å². The second-order valence-corrected chi connectivity index (χ2v) is 9.75. The number of hydrogen-bond acceptors (Lipinski definition) is 8. The van der Waals surface area contributed by atoms with Gasteiger partial charge in [-0.25, -0.2) is 13.6 Å². The summed E-state index contributed by atoms with van der Waals surface area (Å²) in [7, 11) is -4.08. The molecule has 35 heavy (non-hydrogen) atoms. The molecule has 0 bridgehead atoms. The summed E-state index contributed by atoms with van der Waals surface area (Å²) in [6, 6.07) is 10.7. The zero-order valence-corrected chi connectivity index (χ0v) is 19.6. The van der Waals surface area contributed by atoms with Crippen molar-refractivity contribution < 1.29 is 18.1 Å². The number of nitro benzene ring substituents is 1. The zero-order valence-electron chi connectivity index (χ0n) is 18.8. The van der Waals surface area contributed by atoms with E-state index >= 15 is 0 Å². The average Bonchev–Trinajstić information content (AvgIpc) is 3.06. The average molecular weight is 500 g/mol. The highest BCUT2D eigenvalue weighted by Gasteiger charge is 2.19. The van der Waals surface area contributed by atoms with Gasteiger partial charge in [0.2, 0.25) is 15.9 Å². The molecule has 1 aromatic heterocycles. The Morgan fingerprint density at radius 2 is 1.97 bits per heavy atom. The molecule has 0 atom stereocenters. The molecular weight excluding hydrogens is 474 g/mol. The SMILES string of the molecule is NS(=O)(=O)c1ccc(NCCC(=O)Nc2cccc(-c3nnc4n3CCCCC4)c2)c([N+](=O)[O-])c1. The number of nitro groups is 1. The largest absolute Gasteiger partial charge is 0.379 e. The van der Waals surface area contributed by atoms with E-state index in [1.54, 1.807) is 6.07 Å². The number of benzene rings is 2. The van der Waals surface area contributed by atoms with Crippen molar-refractivity contribution in [3.8, 4) is 11.4 Å². The smallest absolute Gasteiger partial charge is 0.293 e. The first kappa shape index (κ1) is 24.3. The maximum Gasteiger partial charge on any atom is 0.293 e. The van der Waals surface area contributed by atoms with Crippen LogP contribution < -0.4 is 15.8 Å². The maximum absolute atomic E-state index is 12.5. The number of fused-ring (bicyclic) bond motifs is 1. The molecule has 3 aromatic rings. The van der Waals surface area contributed by atoms with Crippen LogP contribution in [0.4, 0.5) is 17.1 Å². The molecule has 0 unspecified atom stereocenters. The Labute approximate surface area is 201 Å². The van der Waals surface area contributed by atoms with Gasteiger partial charge < -0.3 is 15.2 Å². The molecule has 0 spiro atoms. The Hall–Kier alpha value is -3.84. The van der Waals surface area contributed by atoms with Crippen LogP contribution in [-0.4, -0.2) is 40.6 Å². The van der Waals surface area contributed by atoms with Crippen molar-refractivity contribution in [2.45, 2.75) is 43.5 Å². The van der Waals surface area contributed by atoms with Gasteiger partial charge in [0.15, 0.2) is 5.82 Å². The summed E-state index contributed by atoms with van der Waals surface area (Å²) in [6.07, 6.45) is 4.26. The normalized spacial score (nSPS) is 13.5. The number of anilines is 2. The highest BCUT2D eigenvalue weighted by Crippen LogP contribution is 2.27. The number of rotatable bonds is 8. The van der Waals surface area contributed by atoms with Crippen LogP contribution in [0.25, 0.3) is 11.4 Å². The second kappa shape index (κ2) is 10.2. The van der Waals surface area contributed by atoms with Crippen LogP contribution in [0, 0.1) is 10.1 Å². The van der Waals surface area contributed by atoms with Crippen molar-refractivity contribution in [1.82, 2.24) is 14.8 Å². The molecular formula is C22H25N7O5S. The Balaban J connectivity index is 1.39. The lowest BCUT2D eigenvalue weighted by atomic mass is 10.2. The van der Waals surface area contributed by atoms with E-state index in [0.29, 0.717) is 5.69 Å². The lowest BCUT2D eigenvalue weighted by Gasteiger charge is -2.10. The van der Waals surface area contributed by atoms with Gasteiger partial charge in [-0.3, -0.25) is 14.9 Å². The van der Waals surface area contributed by atoms with E-state index in [1.807, 2.05) is 18.2 Å². The summed E-state index contributed by atoms with van der Waals surface area (Å²) in [5.41, 5.74) is 1.09. The number of amides is 1. The van der Waals surface area contributed by atoms with Crippen molar-refractivity contribution in [2.75, 3.05) is 17.2 Å². The number of aryl methyl sites for hydroxylation is 1. The number of nitrogens with one attached hydrogen (secondary N) is 2. The summed E-state index contributed by atoms with van der Waals surface area (Å²) < 4.78 is 25.0. The molecule has 0 radical (unpaired) electrons. The number of primary sulfonamides is 1. The lowest BCUT2D eigenvalue weighted by Crippen LogP contribution is -2.17. The van der Waals surface area contributed by atoms with Crippen molar-refractivity contribution in [3.05, 3.63) is 58.4 Å². The van der Waals surface area contributed by atoms with Crippen LogP contribution in [0.1, 0.15) is 31.5 Å². The topological polar surface area (TPSA) is 175 Å². The molecule has 4 rings (SSSR count). The van der Waals surface area contributed by atoms with E-state index in [-0.39, 0.29) is 29.5 Å². The summed E-state index contributed by atoms with van der Waals surface area (Å²) in [5, 5.41) is 30.6. The number of nitrogens with two attached hydrogens (primary N) is 1. The van der Waals surface area contributed by atoms with E-state index in [4.69, 9.17) is 5.14 Å². The molecule has 2 heterocycles. The highest BCUT2D eigenvalue weighted by molar-refractivity contribution is 7.89. The van der Waals surface area contributed by atoms with Gasteiger partial charge in [0.25, 0.3) is 5.69 Å². The minimum Gasteiger partial charge on any atom is -0.379 e. The molecule has 2 aromatic carbocycles. The van der Waals surface area contributed by atoms with Crippen LogP contribution in [-0.2, 0) is 27.8 Å². The first-order valence-electron chi connectivity index (χ1n) is 11.1. The predicted octanol–water partition coefficient (Wildman–Crippen LogP) is 2.67. The Morgan fingerprint density at radius 1 is 1.14 bits per heavy atom. The third-order valence-electron chi connectivity index (χ3n) is 5.68. The van der Waals surface area contributed by atoms with Crippen LogP contribution >= 0.6 is 0 Å². The van der Waals surface area contributed by atoms with Crippen molar-refractivity contribution >= 4 is 33.0 Å². The maximum atomic E-state index is 12.5. The number of aromatic nitrogens is 3. The number of carbonyl (C=O) groups is 1. The van der Waals surface area contributed by atoms with Gasteiger partial charge in [-0.05, 0) is 37.1 Å². The van der Waals surface area contributed by atoms with Gasteiger partial charge in [0.1, 0.15) is 11.5 Å². The molecule has 1 aliphatic rings. The minimum atomic E-state index is -4.08. The van der Waals surface area contributed by atoms with Crippen LogP contribution in [0.5, 0.6) is 0 Å². The number of hydrogen-bond donors (Lipinski definition) is 3. The number of nitrogens with zero attached hydrogens (tertiary/aromatic N) is 4. The van der Waals surface area contributed by atoms with Gasteiger partial charge in [0, 0.05) is 43.2 Å². The van der Waals surface area contributed by atoms with Crippen molar-refractivity contribution in [2.24, 2.45) is 5.14 Å². The van der Waals surface area contributed by atoms with E-state index < -0.39 is 20.6 Å². The van der Waals surface area contributed by atoms with Gasteiger partial charge in [-0.2, -0.15) is 0 Å². The quantitative estimate of drug-likeness (QED) is 0.313. The summed E-state index contributed by atoms with van der Waals surface area (Å²) in [6.45, 7) is 0.961. The number of sulfonamides is 1. The van der Waals surface area contributed by atoms with E-state index in [9.17, 15) is 23.3 Å². The van der Waals surface area contributed by atoms with Gasteiger partial charge in [-0.15, -0.1) is 10.2 Å². The number of carbonyl (C=O) groups excluding carboxylic acids is 1. The molecule has 0 saturated carbocycles. The standard InChI is InChI=1S/C22H25N7O5S/c23-35(33,34)17-8-9-18(19(14-17)29(31)32)24-11-10-21(30)25-16-6-4-5-15(13-16)22-27-26-20-7-2-1-3-12-28(20)22/h4-6,8-9,13-14,24H,1-3,7,10-12H2,(H,25,30)(H2,23,33,34). The van der Waals surface area contributed by atoms with Crippen LogP contribution in [0.3, 0.4) is 0 Å². The highest BCUT2D eigenvalue weighted by atomic mass is 32.2.